The summed E-state index contributed by atoms with van der Waals surface area (Å²) in [5, 5.41) is 12.0. The summed E-state index contributed by atoms with van der Waals surface area (Å²) in [6.07, 6.45) is 1.65. The first-order valence-corrected chi connectivity index (χ1v) is 5.34. The van der Waals surface area contributed by atoms with Crippen molar-refractivity contribution in [2.24, 2.45) is 0 Å². The van der Waals surface area contributed by atoms with Crippen molar-refractivity contribution in [3.8, 4) is 5.75 Å². The van der Waals surface area contributed by atoms with Crippen LogP contribution in [0.3, 0.4) is 0 Å². The van der Waals surface area contributed by atoms with Crippen LogP contribution >= 0.6 is 0 Å². The van der Waals surface area contributed by atoms with Crippen LogP contribution in [0.1, 0.15) is 12.0 Å². The average Bonchev–Trinajstić information content (AvgIpc) is 2.27. The van der Waals surface area contributed by atoms with Gasteiger partial charge in [-0.1, -0.05) is 18.2 Å². The lowest BCUT2D eigenvalue weighted by atomic mass is 10.1. The van der Waals surface area contributed by atoms with Crippen LogP contribution in [0.2, 0.25) is 0 Å². The molecule has 0 unspecified atom stereocenters. The van der Waals surface area contributed by atoms with Crippen LogP contribution in [-0.2, 0) is 6.42 Å². The molecule has 0 aliphatic carbocycles. The molecule has 1 rings (SSSR count). The summed E-state index contributed by atoms with van der Waals surface area (Å²) in [7, 11) is 1.93. The lowest BCUT2D eigenvalue weighted by Gasteiger charge is -2.10. The SMILES string of the molecule is CNCCCOc1ccccc1CCO. The van der Waals surface area contributed by atoms with Gasteiger partial charge in [-0.3, -0.25) is 0 Å². The number of para-hydroxylation sites is 1. The van der Waals surface area contributed by atoms with Gasteiger partial charge in [0, 0.05) is 6.61 Å². The van der Waals surface area contributed by atoms with E-state index in [1.807, 2.05) is 31.3 Å². The first kappa shape index (κ1) is 12.0. The maximum atomic E-state index is 8.89. The molecule has 0 saturated heterocycles. The fourth-order valence-electron chi connectivity index (χ4n) is 1.40. The molecule has 3 heteroatoms. The Morgan fingerprint density at radius 1 is 1.33 bits per heavy atom. The second kappa shape index (κ2) is 7.26. The summed E-state index contributed by atoms with van der Waals surface area (Å²) in [6.45, 7) is 1.84. The lowest BCUT2D eigenvalue weighted by molar-refractivity contribution is 0.286. The molecule has 0 saturated carbocycles. The second-order valence-electron chi connectivity index (χ2n) is 3.39. The summed E-state index contributed by atoms with van der Waals surface area (Å²) in [5.74, 6) is 0.891. The van der Waals surface area contributed by atoms with Crippen molar-refractivity contribution in [1.29, 1.82) is 0 Å². The van der Waals surface area contributed by atoms with Gasteiger partial charge in [0.2, 0.25) is 0 Å². The highest BCUT2D eigenvalue weighted by Crippen LogP contribution is 2.18. The highest BCUT2D eigenvalue weighted by atomic mass is 16.5. The molecule has 0 spiro atoms. The number of benzene rings is 1. The molecule has 0 radical (unpaired) electrons. The number of ether oxygens (including phenoxy) is 1. The number of aliphatic hydroxyl groups is 1. The van der Waals surface area contributed by atoms with Crippen LogP contribution in [0.25, 0.3) is 0 Å². The van der Waals surface area contributed by atoms with Crippen LogP contribution in [0.15, 0.2) is 24.3 Å². The highest BCUT2D eigenvalue weighted by Gasteiger charge is 2.01. The standard InChI is InChI=1S/C12H19NO2/c1-13-8-4-10-15-12-6-3-2-5-11(12)7-9-14/h2-3,5-6,13-14H,4,7-10H2,1H3. The summed E-state index contributed by atoms with van der Waals surface area (Å²) < 4.78 is 5.64. The molecule has 0 fully saturated rings. The minimum absolute atomic E-state index is 0.164. The van der Waals surface area contributed by atoms with Crippen molar-refractivity contribution in [3.05, 3.63) is 29.8 Å². The molecular weight excluding hydrogens is 190 g/mol. The van der Waals surface area contributed by atoms with Crippen molar-refractivity contribution in [2.75, 3.05) is 26.8 Å². The monoisotopic (exact) mass is 209 g/mol. The summed E-state index contributed by atoms with van der Waals surface area (Å²) in [4.78, 5) is 0. The Labute approximate surface area is 91.1 Å². The fourth-order valence-corrected chi connectivity index (χ4v) is 1.40. The van der Waals surface area contributed by atoms with Crippen LogP contribution in [0.5, 0.6) is 5.75 Å². The molecule has 15 heavy (non-hydrogen) atoms. The first-order chi connectivity index (χ1) is 7.38. The van der Waals surface area contributed by atoms with Gasteiger partial charge in [0.05, 0.1) is 6.61 Å². The van der Waals surface area contributed by atoms with E-state index in [4.69, 9.17) is 9.84 Å². The topological polar surface area (TPSA) is 41.5 Å². The average molecular weight is 209 g/mol. The van der Waals surface area contributed by atoms with Crippen molar-refractivity contribution >= 4 is 0 Å². The van der Waals surface area contributed by atoms with Gasteiger partial charge in [-0.15, -0.1) is 0 Å². The number of rotatable bonds is 7. The van der Waals surface area contributed by atoms with Gasteiger partial charge in [0.1, 0.15) is 5.75 Å². The molecule has 0 atom stereocenters. The zero-order valence-electron chi connectivity index (χ0n) is 9.20. The first-order valence-electron chi connectivity index (χ1n) is 5.34. The van der Waals surface area contributed by atoms with E-state index < -0.39 is 0 Å². The van der Waals surface area contributed by atoms with Crippen LogP contribution < -0.4 is 10.1 Å². The van der Waals surface area contributed by atoms with Gasteiger partial charge in [-0.2, -0.15) is 0 Å². The van der Waals surface area contributed by atoms with Crippen molar-refractivity contribution in [3.63, 3.8) is 0 Å². The quantitative estimate of drug-likeness (QED) is 0.663. The molecule has 0 heterocycles. The Bertz CT molecular complexity index is 276. The van der Waals surface area contributed by atoms with E-state index in [1.54, 1.807) is 0 Å². The van der Waals surface area contributed by atoms with E-state index in [0.29, 0.717) is 13.0 Å². The van der Waals surface area contributed by atoms with E-state index in [9.17, 15) is 0 Å². The van der Waals surface area contributed by atoms with Crippen molar-refractivity contribution < 1.29 is 9.84 Å². The zero-order chi connectivity index (χ0) is 10.9. The predicted molar refractivity (Wildman–Crippen MR) is 61.3 cm³/mol. The van der Waals surface area contributed by atoms with Crippen LogP contribution in [-0.4, -0.2) is 31.9 Å². The summed E-state index contributed by atoms with van der Waals surface area (Å²) in [5.41, 5.74) is 1.07. The minimum Gasteiger partial charge on any atom is -0.493 e. The van der Waals surface area contributed by atoms with Gasteiger partial charge in [-0.05, 0) is 38.1 Å². The zero-order valence-corrected chi connectivity index (χ0v) is 9.20. The van der Waals surface area contributed by atoms with Gasteiger partial charge in [0.25, 0.3) is 0 Å². The Kier molecular flexibility index (Phi) is 5.81. The second-order valence-corrected chi connectivity index (χ2v) is 3.39. The van der Waals surface area contributed by atoms with Gasteiger partial charge < -0.3 is 15.2 Å². The van der Waals surface area contributed by atoms with Crippen LogP contribution in [0.4, 0.5) is 0 Å². The third-order valence-corrected chi connectivity index (χ3v) is 2.18. The van der Waals surface area contributed by atoms with E-state index in [2.05, 4.69) is 5.32 Å². The number of hydrogen-bond acceptors (Lipinski definition) is 3. The molecule has 2 N–H and O–H groups in total. The number of aliphatic hydroxyl groups excluding tert-OH is 1. The molecular formula is C12H19NO2. The summed E-state index contributed by atoms with van der Waals surface area (Å²) in [6, 6.07) is 7.85. The van der Waals surface area contributed by atoms with Gasteiger partial charge in [0.15, 0.2) is 0 Å². The van der Waals surface area contributed by atoms with E-state index in [1.165, 1.54) is 0 Å². The molecule has 84 valence electrons. The molecule has 0 aliphatic rings. The highest BCUT2D eigenvalue weighted by molar-refractivity contribution is 5.33. The Hall–Kier alpha value is -1.06. The van der Waals surface area contributed by atoms with E-state index in [0.717, 1.165) is 24.3 Å². The molecule has 0 aromatic heterocycles. The van der Waals surface area contributed by atoms with Crippen LogP contribution in [0, 0.1) is 0 Å². The Balaban J connectivity index is 2.44. The molecule has 1 aromatic carbocycles. The lowest BCUT2D eigenvalue weighted by Crippen LogP contribution is -2.12. The normalized spacial score (nSPS) is 10.3. The smallest absolute Gasteiger partial charge is 0.122 e. The minimum atomic E-state index is 0.164. The maximum absolute atomic E-state index is 8.89. The van der Waals surface area contributed by atoms with E-state index in [-0.39, 0.29) is 6.61 Å². The largest absolute Gasteiger partial charge is 0.493 e. The third-order valence-electron chi connectivity index (χ3n) is 2.18. The van der Waals surface area contributed by atoms with Gasteiger partial charge >= 0.3 is 0 Å². The molecule has 0 bridgehead atoms. The molecule has 0 aliphatic heterocycles. The van der Waals surface area contributed by atoms with Gasteiger partial charge in [-0.25, -0.2) is 0 Å². The van der Waals surface area contributed by atoms with Crippen molar-refractivity contribution in [1.82, 2.24) is 5.32 Å². The fraction of sp³-hybridized carbons (Fsp3) is 0.500. The summed E-state index contributed by atoms with van der Waals surface area (Å²) >= 11 is 0. The molecule has 0 amide bonds. The Morgan fingerprint density at radius 2 is 2.13 bits per heavy atom. The molecule has 1 aromatic rings. The number of nitrogens with one attached hydrogen (secondary N) is 1. The number of hydrogen-bond donors (Lipinski definition) is 2. The predicted octanol–water partition coefficient (Wildman–Crippen LogP) is 1.21. The maximum Gasteiger partial charge on any atom is 0.122 e. The van der Waals surface area contributed by atoms with Crippen molar-refractivity contribution in [2.45, 2.75) is 12.8 Å². The third kappa shape index (κ3) is 4.32. The Morgan fingerprint density at radius 3 is 2.87 bits per heavy atom. The van der Waals surface area contributed by atoms with E-state index >= 15 is 0 Å². The molecule has 3 nitrogen and oxygen atoms in total.